The van der Waals surface area contributed by atoms with Gasteiger partial charge in [0.25, 0.3) is 0 Å². The van der Waals surface area contributed by atoms with Crippen molar-refractivity contribution in [1.29, 1.82) is 0 Å². The zero-order chi connectivity index (χ0) is 10.8. The van der Waals surface area contributed by atoms with Gasteiger partial charge in [0.1, 0.15) is 10.8 Å². The molecule has 1 aromatic rings. The summed E-state index contributed by atoms with van der Waals surface area (Å²) in [5.74, 6) is 1.64. The Morgan fingerprint density at radius 3 is 2.93 bits per heavy atom. The Hall–Kier alpha value is -1.16. The molecule has 15 heavy (non-hydrogen) atoms. The number of nitrogens with two attached hydrogens (primary N) is 1. The first-order chi connectivity index (χ1) is 7.16. The monoisotopic (exact) mass is 221 g/mol. The molecule has 2 rings (SSSR count). The lowest BCUT2D eigenvalue weighted by Crippen LogP contribution is -2.34. The van der Waals surface area contributed by atoms with E-state index in [2.05, 4.69) is 17.2 Å². The highest BCUT2D eigenvalue weighted by Gasteiger charge is 2.25. The van der Waals surface area contributed by atoms with Gasteiger partial charge in [-0.1, -0.05) is 19.1 Å². The number of rotatable bonds is 3. The maximum atomic E-state index is 5.63. The summed E-state index contributed by atoms with van der Waals surface area (Å²) in [6.45, 7) is 2.26. The highest BCUT2D eigenvalue weighted by molar-refractivity contribution is 7.80. The van der Waals surface area contributed by atoms with Crippen LogP contribution in [-0.4, -0.2) is 16.0 Å². The summed E-state index contributed by atoms with van der Waals surface area (Å²) < 4.78 is 0. The van der Waals surface area contributed by atoms with Crippen LogP contribution in [0.4, 0.5) is 5.82 Å². The molecule has 0 unspecified atom stereocenters. The van der Waals surface area contributed by atoms with Gasteiger partial charge in [0.15, 0.2) is 0 Å². The van der Waals surface area contributed by atoms with Crippen molar-refractivity contribution >= 4 is 23.0 Å². The largest absolute Gasteiger partial charge is 0.389 e. The molecule has 3 N–H and O–H groups in total. The van der Waals surface area contributed by atoms with E-state index in [1.807, 2.05) is 12.1 Å². The molecule has 1 fully saturated rings. The van der Waals surface area contributed by atoms with E-state index in [1.165, 1.54) is 12.8 Å². The van der Waals surface area contributed by atoms with Crippen LogP contribution in [0.25, 0.3) is 0 Å². The Bertz CT molecular complexity index is 372. The topological polar surface area (TPSA) is 50.9 Å². The van der Waals surface area contributed by atoms with Crippen molar-refractivity contribution in [2.24, 2.45) is 11.7 Å². The fourth-order valence-corrected chi connectivity index (χ4v) is 2.10. The van der Waals surface area contributed by atoms with Crippen molar-refractivity contribution in [2.75, 3.05) is 5.32 Å². The molecule has 1 heterocycles. The second-order valence-corrected chi connectivity index (χ2v) is 4.62. The van der Waals surface area contributed by atoms with Crippen LogP contribution < -0.4 is 11.1 Å². The highest BCUT2D eigenvalue weighted by atomic mass is 32.1. The summed E-state index contributed by atoms with van der Waals surface area (Å²) in [5.41, 5.74) is 6.47. The first-order valence-electron chi connectivity index (χ1n) is 5.18. The Morgan fingerprint density at radius 2 is 2.33 bits per heavy atom. The molecule has 1 aliphatic rings. The van der Waals surface area contributed by atoms with Crippen molar-refractivity contribution in [2.45, 2.75) is 25.8 Å². The highest BCUT2D eigenvalue weighted by Crippen LogP contribution is 2.29. The molecule has 0 spiro atoms. The van der Waals surface area contributed by atoms with Gasteiger partial charge in [0.2, 0.25) is 0 Å². The molecular formula is C11H15N3S. The lowest BCUT2D eigenvalue weighted by molar-refractivity contribution is 0.308. The summed E-state index contributed by atoms with van der Waals surface area (Å²) >= 11 is 4.98. The number of thiocarbonyl (C=S) groups is 1. The molecular weight excluding hydrogens is 206 g/mol. The average molecular weight is 221 g/mol. The van der Waals surface area contributed by atoms with Crippen LogP contribution in [0, 0.1) is 5.92 Å². The maximum Gasteiger partial charge on any atom is 0.136 e. The fraction of sp³-hybridized carbons (Fsp3) is 0.455. The van der Waals surface area contributed by atoms with E-state index in [1.54, 1.807) is 6.20 Å². The van der Waals surface area contributed by atoms with Gasteiger partial charge in [0.05, 0.1) is 5.56 Å². The molecule has 0 aromatic carbocycles. The second kappa shape index (κ2) is 4.14. The molecule has 1 aromatic heterocycles. The van der Waals surface area contributed by atoms with Crippen molar-refractivity contribution in [3.05, 3.63) is 23.9 Å². The van der Waals surface area contributed by atoms with E-state index in [0.29, 0.717) is 11.0 Å². The van der Waals surface area contributed by atoms with Gasteiger partial charge in [0, 0.05) is 12.2 Å². The smallest absolute Gasteiger partial charge is 0.136 e. The van der Waals surface area contributed by atoms with Crippen LogP contribution in [0.5, 0.6) is 0 Å². The minimum Gasteiger partial charge on any atom is -0.389 e. The third-order valence-corrected chi connectivity index (χ3v) is 3.01. The van der Waals surface area contributed by atoms with Crippen molar-refractivity contribution in [3.8, 4) is 0 Å². The Morgan fingerprint density at radius 1 is 1.60 bits per heavy atom. The molecule has 1 saturated carbocycles. The van der Waals surface area contributed by atoms with Gasteiger partial charge >= 0.3 is 0 Å². The molecule has 0 radical (unpaired) electrons. The van der Waals surface area contributed by atoms with Crippen molar-refractivity contribution in [3.63, 3.8) is 0 Å². The van der Waals surface area contributed by atoms with Gasteiger partial charge in [-0.25, -0.2) is 4.98 Å². The van der Waals surface area contributed by atoms with E-state index in [9.17, 15) is 0 Å². The number of hydrogen-bond acceptors (Lipinski definition) is 3. The normalized spacial score (nSPS) is 24.3. The minimum atomic E-state index is 0.401. The number of aromatic nitrogens is 1. The predicted molar refractivity (Wildman–Crippen MR) is 65.9 cm³/mol. The van der Waals surface area contributed by atoms with Gasteiger partial charge < -0.3 is 11.1 Å². The number of hydrogen-bond donors (Lipinski definition) is 2. The lowest BCUT2D eigenvalue weighted by Gasteiger charge is -2.34. The molecule has 0 amide bonds. The van der Waals surface area contributed by atoms with Gasteiger partial charge in [-0.15, -0.1) is 0 Å². The number of nitrogens with zero attached hydrogens (tertiary/aromatic N) is 1. The van der Waals surface area contributed by atoms with Crippen LogP contribution >= 0.6 is 12.2 Å². The maximum absolute atomic E-state index is 5.63. The van der Waals surface area contributed by atoms with E-state index < -0.39 is 0 Å². The Balaban J connectivity index is 2.10. The Kier molecular flexibility index (Phi) is 2.86. The van der Waals surface area contributed by atoms with Crippen molar-refractivity contribution in [1.82, 2.24) is 4.98 Å². The van der Waals surface area contributed by atoms with Crippen LogP contribution in [0.1, 0.15) is 25.3 Å². The van der Waals surface area contributed by atoms with Gasteiger partial charge in [-0.05, 0) is 30.9 Å². The molecule has 80 valence electrons. The fourth-order valence-electron chi connectivity index (χ4n) is 1.93. The van der Waals surface area contributed by atoms with Crippen LogP contribution in [-0.2, 0) is 0 Å². The summed E-state index contributed by atoms with van der Waals surface area (Å²) in [6.07, 6.45) is 4.16. The van der Waals surface area contributed by atoms with E-state index >= 15 is 0 Å². The van der Waals surface area contributed by atoms with Crippen LogP contribution in [0.3, 0.4) is 0 Å². The lowest BCUT2D eigenvalue weighted by atomic mass is 9.82. The molecule has 0 atom stereocenters. The standard InChI is InChI=1S/C11H15N3S/c1-7-5-8(6-7)14-11-9(10(12)15)3-2-4-13-11/h2-4,7-8H,5-6H2,1H3,(H2,12,15)(H,13,14). The van der Waals surface area contributed by atoms with Crippen molar-refractivity contribution < 1.29 is 0 Å². The van der Waals surface area contributed by atoms with Gasteiger partial charge in [-0.3, -0.25) is 0 Å². The SMILES string of the molecule is CC1CC(Nc2ncccc2C(N)=S)C1. The average Bonchev–Trinajstić information content (AvgIpc) is 2.16. The zero-order valence-electron chi connectivity index (χ0n) is 8.73. The third kappa shape index (κ3) is 2.26. The molecule has 0 saturated heterocycles. The first kappa shape index (κ1) is 10.4. The summed E-state index contributed by atoms with van der Waals surface area (Å²) in [6, 6.07) is 4.28. The van der Waals surface area contributed by atoms with Crippen LogP contribution in [0.2, 0.25) is 0 Å². The summed E-state index contributed by atoms with van der Waals surface area (Å²) in [7, 11) is 0. The van der Waals surface area contributed by atoms with E-state index in [0.717, 1.165) is 17.3 Å². The molecule has 0 aliphatic heterocycles. The van der Waals surface area contributed by atoms with E-state index in [4.69, 9.17) is 18.0 Å². The molecule has 3 nitrogen and oxygen atoms in total. The van der Waals surface area contributed by atoms with E-state index in [-0.39, 0.29) is 0 Å². The summed E-state index contributed by atoms with van der Waals surface area (Å²) in [4.78, 5) is 4.67. The zero-order valence-corrected chi connectivity index (χ0v) is 9.55. The quantitative estimate of drug-likeness (QED) is 0.766. The number of nitrogens with one attached hydrogen (secondary N) is 1. The van der Waals surface area contributed by atoms with Crippen LogP contribution in [0.15, 0.2) is 18.3 Å². The number of pyridine rings is 1. The Labute approximate surface area is 95.1 Å². The minimum absolute atomic E-state index is 0.401. The molecule has 0 bridgehead atoms. The van der Waals surface area contributed by atoms with Gasteiger partial charge in [-0.2, -0.15) is 0 Å². The first-order valence-corrected chi connectivity index (χ1v) is 5.59. The predicted octanol–water partition coefficient (Wildman–Crippen LogP) is 1.93. The second-order valence-electron chi connectivity index (χ2n) is 4.18. The molecule has 4 heteroatoms. The summed E-state index contributed by atoms with van der Waals surface area (Å²) in [5, 5.41) is 3.38. The molecule has 1 aliphatic carbocycles. The number of anilines is 1. The third-order valence-electron chi connectivity index (χ3n) is 2.79.